The molecule has 0 aliphatic heterocycles. The smallest absolute Gasteiger partial charge is 0.00367 e. The maximum atomic E-state index is 3.35. The normalized spacial score (nSPS) is 36.9. The predicted octanol–water partition coefficient (Wildman–Crippen LogP) is 7.27. The minimum atomic E-state index is 0.212. The molecule has 5 rings (SSSR count). The van der Waals surface area contributed by atoms with Gasteiger partial charge >= 0.3 is 0 Å². The van der Waals surface area contributed by atoms with Gasteiger partial charge in [-0.2, -0.15) is 0 Å². The van der Waals surface area contributed by atoms with Gasteiger partial charge in [-0.15, -0.1) is 18.5 Å². The van der Waals surface area contributed by atoms with Crippen molar-refractivity contribution < 1.29 is 0 Å². The fraction of sp³-hybridized carbons (Fsp3) is 0.760. The predicted molar refractivity (Wildman–Crippen MR) is 126 cm³/mol. The summed E-state index contributed by atoms with van der Waals surface area (Å²) in [6.45, 7) is 14.3. The summed E-state index contributed by atoms with van der Waals surface area (Å²) in [5.41, 5.74) is 6.98. The van der Waals surface area contributed by atoms with Crippen molar-refractivity contribution in [3.8, 4) is 0 Å². The molecule has 4 saturated carbocycles. The first-order valence-electron chi connectivity index (χ1n) is 11.1. The topological polar surface area (TPSA) is 0 Å². The van der Waals surface area contributed by atoms with Crippen molar-refractivity contribution in [3.63, 3.8) is 0 Å². The van der Waals surface area contributed by atoms with Crippen LogP contribution in [-0.2, 0) is 10.8 Å². The Labute approximate surface area is 172 Å². The second-order valence-electron chi connectivity index (χ2n) is 12.2. The van der Waals surface area contributed by atoms with Crippen molar-refractivity contribution in [1.29, 1.82) is 0 Å². The van der Waals surface area contributed by atoms with Crippen LogP contribution >= 0.6 is 18.5 Å². The minimum Gasteiger partial charge on any atom is -0.133 e. The zero-order valence-corrected chi connectivity index (χ0v) is 20.6. The van der Waals surface area contributed by atoms with Gasteiger partial charge in [0, 0.05) is 11.1 Å². The van der Waals surface area contributed by atoms with E-state index >= 15 is 0 Å². The molecule has 1 aromatic carbocycles. The van der Waals surface area contributed by atoms with Crippen LogP contribution in [0.2, 0.25) is 0 Å². The fourth-order valence-electron chi connectivity index (χ4n) is 6.67. The molecule has 4 fully saturated rings. The van der Waals surface area contributed by atoms with E-state index in [9.17, 15) is 0 Å². The molecule has 0 radical (unpaired) electrons. The van der Waals surface area contributed by atoms with Gasteiger partial charge in [0.1, 0.15) is 0 Å². The Hall–Kier alpha value is 0.0800. The molecular weight excluding hydrogens is 362 g/mol. The van der Waals surface area contributed by atoms with E-state index in [-0.39, 0.29) is 10.8 Å². The lowest BCUT2D eigenvalue weighted by atomic mass is 9.47. The minimum absolute atomic E-state index is 0.212. The molecule has 0 nitrogen and oxygen atoms in total. The molecule has 4 aliphatic rings. The van der Waals surface area contributed by atoms with Crippen molar-refractivity contribution in [2.45, 2.75) is 95.8 Å². The van der Waals surface area contributed by atoms with Crippen LogP contribution in [0.4, 0.5) is 0 Å². The quantitative estimate of drug-likeness (QED) is 0.456. The van der Waals surface area contributed by atoms with Gasteiger partial charge < -0.3 is 0 Å². The molecule has 0 amide bonds. The number of hydrogen-bond donors (Lipinski definition) is 0. The Morgan fingerprint density at radius 2 is 1.56 bits per heavy atom. The monoisotopic (exact) mass is 402 g/mol. The summed E-state index contributed by atoms with van der Waals surface area (Å²) in [7, 11) is 6.55. The number of hydrogen-bond acceptors (Lipinski definition) is 0. The van der Waals surface area contributed by atoms with Crippen molar-refractivity contribution >= 4 is 18.5 Å². The van der Waals surface area contributed by atoms with E-state index in [2.05, 4.69) is 78.2 Å². The summed E-state index contributed by atoms with van der Waals surface area (Å²) in [6.07, 6.45) is 7.34. The Morgan fingerprint density at radius 1 is 0.963 bits per heavy atom. The van der Waals surface area contributed by atoms with Gasteiger partial charge in [0.2, 0.25) is 0 Å². The first-order valence-corrected chi connectivity index (χ1v) is 12.4. The van der Waals surface area contributed by atoms with E-state index in [0.717, 1.165) is 23.4 Å². The lowest BCUT2D eigenvalue weighted by molar-refractivity contribution is 0.00100. The van der Waals surface area contributed by atoms with Gasteiger partial charge in [-0.1, -0.05) is 59.7 Å². The Bertz CT molecular complexity index is 707. The number of rotatable bonds is 2. The van der Waals surface area contributed by atoms with E-state index in [1.807, 2.05) is 0 Å². The summed E-state index contributed by atoms with van der Waals surface area (Å²) in [5.74, 6) is 2.89. The molecule has 0 N–H and O–H groups in total. The molecule has 0 spiro atoms. The van der Waals surface area contributed by atoms with Crippen LogP contribution in [0.5, 0.6) is 0 Å². The van der Waals surface area contributed by atoms with Gasteiger partial charge in [-0.3, -0.25) is 0 Å². The average molecular weight is 403 g/mol. The van der Waals surface area contributed by atoms with Gasteiger partial charge in [-0.25, -0.2) is 0 Å². The standard InChI is InChI=1S/C25H40P2/c1-23(2,3)18-7-8-19(22(27)24(4,5)6)20(12-18)25-13-15-9-16(14-25)11-17(10-15)21(25)26/h7-8,12,15-17,21-22H,9-11,13-14,26-27H2,1-6H3. The third-order valence-corrected chi connectivity index (χ3v) is 10.7. The Balaban J connectivity index is 1.89. The van der Waals surface area contributed by atoms with E-state index < -0.39 is 0 Å². The molecule has 6 atom stereocenters. The van der Waals surface area contributed by atoms with Crippen molar-refractivity contribution in [2.75, 3.05) is 0 Å². The highest BCUT2D eigenvalue weighted by atomic mass is 31.0. The lowest BCUT2D eigenvalue weighted by Gasteiger charge is -2.61. The molecule has 6 unspecified atom stereocenters. The summed E-state index contributed by atoms with van der Waals surface area (Å²) < 4.78 is 0. The van der Waals surface area contributed by atoms with Gasteiger partial charge in [0.25, 0.3) is 0 Å². The highest BCUT2D eigenvalue weighted by Crippen LogP contribution is 2.64. The van der Waals surface area contributed by atoms with E-state index in [1.54, 1.807) is 11.1 Å². The van der Waals surface area contributed by atoms with Gasteiger partial charge in [0.15, 0.2) is 0 Å². The number of benzene rings is 1. The zero-order chi connectivity index (χ0) is 19.8. The second kappa shape index (κ2) is 6.54. The van der Waals surface area contributed by atoms with Crippen LogP contribution in [0.3, 0.4) is 0 Å². The first kappa shape index (κ1) is 20.4. The Morgan fingerprint density at radius 3 is 2.07 bits per heavy atom. The summed E-state index contributed by atoms with van der Waals surface area (Å²) in [5, 5.41) is 0. The molecular formula is C25H40P2. The molecule has 4 aliphatic carbocycles. The molecule has 0 saturated heterocycles. The molecule has 0 heterocycles. The highest BCUT2D eigenvalue weighted by molar-refractivity contribution is 7.18. The Kier molecular flexibility index (Phi) is 4.93. The second-order valence-corrected chi connectivity index (χ2v) is 13.6. The molecule has 27 heavy (non-hydrogen) atoms. The zero-order valence-electron chi connectivity index (χ0n) is 18.3. The summed E-state index contributed by atoms with van der Waals surface area (Å²) in [6, 6.07) is 7.55. The summed E-state index contributed by atoms with van der Waals surface area (Å²) in [4.78, 5) is 0. The fourth-order valence-corrected chi connectivity index (χ4v) is 7.73. The lowest BCUT2D eigenvalue weighted by Crippen LogP contribution is -2.56. The van der Waals surface area contributed by atoms with E-state index in [4.69, 9.17) is 0 Å². The molecule has 4 bridgehead atoms. The maximum Gasteiger partial charge on any atom is 0.00367 e. The van der Waals surface area contributed by atoms with Crippen LogP contribution in [0.1, 0.15) is 96.0 Å². The van der Waals surface area contributed by atoms with Crippen LogP contribution in [0.25, 0.3) is 0 Å². The van der Waals surface area contributed by atoms with Crippen LogP contribution in [0.15, 0.2) is 18.2 Å². The summed E-state index contributed by atoms with van der Waals surface area (Å²) >= 11 is 0. The third-order valence-electron chi connectivity index (χ3n) is 8.11. The molecule has 150 valence electrons. The van der Waals surface area contributed by atoms with Gasteiger partial charge in [0.05, 0.1) is 0 Å². The van der Waals surface area contributed by atoms with Crippen LogP contribution in [0, 0.1) is 23.2 Å². The van der Waals surface area contributed by atoms with Crippen LogP contribution < -0.4 is 0 Å². The van der Waals surface area contributed by atoms with Crippen molar-refractivity contribution in [3.05, 3.63) is 34.9 Å². The van der Waals surface area contributed by atoms with Crippen molar-refractivity contribution in [2.24, 2.45) is 23.2 Å². The SMILES string of the molecule is CC(C)(C)c1ccc(C(P)C(C)(C)C)c(C23CC4CC(CC(C4)C2P)C3)c1. The average Bonchev–Trinajstić information content (AvgIpc) is 2.56. The maximum absolute atomic E-state index is 3.35. The molecule has 2 heteroatoms. The third kappa shape index (κ3) is 3.36. The first-order chi connectivity index (χ1) is 12.4. The molecule has 1 aromatic rings. The largest absolute Gasteiger partial charge is 0.133 e. The van der Waals surface area contributed by atoms with Gasteiger partial charge in [-0.05, 0) is 83.0 Å². The highest BCUT2D eigenvalue weighted by Gasteiger charge is 2.57. The van der Waals surface area contributed by atoms with E-state index in [1.165, 1.54) is 37.7 Å². The van der Waals surface area contributed by atoms with E-state index in [0.29, 0.717) is 11.1 Å². The van der Waals surface area contributed by atoms with Crippen molar-refractivity contribution in [1.82, 2.24) is 0 Å². The molecule has 0 aromatic heterocycles. The van der Waals surface area contributed by atoms with Crippen LogP contribution in [-0.4, -0.2) is 5.66 Å².